The third kappa shape index (κ3) is 4.26. The maximum atomic E-state index is 10.00. The van der Waals surface area contributed by atoms with E-state index in [1.54, 1.807) is 6.20 Å². The zero-order valence-electron chi connectivity index (χ0n) is 15.6. The van der Waals surface area contributed by atoms with E-state index in [4.69, 9.17) is 4.65 Å². The van der Waals surface area contributed by atoms with E-state index in [-0.39, 0.29) is 20.1 Å². The first-order valence-electron chi connectivity index (χ1n) is 8.97. The van der Waals surface area contributed by atoms with Crippen molar-refractivity contribution in [1.29, 1.82) is 0 Å². The fourth-order valence-corrected chi connectivity index (χ4v) is 3.19. The molecule has 1 aliphatic rings. The Balaban J connectivity index is 0.00000225. The minimum atomic E-state index is -0.846. The van der Waals surface area contributed by atoms with Crippen LogP contribution in [0, 0.1) is 6.92 Å². The second-order valence-electron chi connectivity index (χ2n) is 6.50. The van der Waals surface area contributed by atoms with Crippen molar-refractivity contribution in [2.75, 3.05) is 5.32 Å². The van der Waals surface area contributed by atoms with Crippen molar-refractivity contribution >= 4 is 35.7 Å². The molecular weight excluding hydrogens is 531 g/mol. The standard InChI is InChI=1S/C20H20BN4O2.Ir/c1-3-14-9-17(10-15-12-27-21(26)18(14)15)24-20-22-11-13(2)19(25-20)23-16-7-5-4-6-8-16;/h4-11,26H,3,12H2,1-2H3,(H-,22,23,24,25);/q-1;. The molecule has 2 N–H and O–H groups in total. The zero-order chi connectivity index (χ0) is 18.8. The van der Waals surface area contributed by atoms with Crippen molar-refractivity contribution in [2.45, 2.75) is 26.9 Å². The average Bonchev–Trinajstić information content (AvgIpc) is 3.05. The van der Waals surface area contributed by atoms with Crippen molar-refractivity contribution < 1.29 is 29.8 Å². The fraction of sp³-hybridized carbons (Fsp3) is 0.200. The maximum absolute atomic E-state index is 10.00. The van der Waals surface area contributed by atoms with Gasteiger partial charge in [0.1, 0.15) is 0 Å². The summed E-state index contributed by atoms with van der Waals surface area (Å²) >= 11 is 0. The molecule has 1 aliphatic heterocycles. The molecule has 6 nitrogen and oxygen atoms in total. The van der Waals surface area contributed by atoms with Crippen LogP contribution in [0.2, 0.25) is 0 Å². The molecule has 0 aliphatic carbocycles. The van der Waals surface area contributed by atoms with Crippen LogP contribution in [0.1, 0.15) is 23.6 Å². The monoisotopic (exact) mass is 552 g/mol. The molecule has 0 saturated heterocycles. The number of hydrogen-bond donors (Lipinski definition) is 2. The second kappa shape index (κ2) is 8.84. The molecule has 28 heavy (non-hydrogen) atoms. The summed E-state index contributed by atoms with van der Waals surface area (Å²) in [5, 5.41) is 17.9. The zero-order valence-corrected chi connectivity index (χ0v) is 18.0. The minimum Gasteiger partial charge on any atom is -0.423 e. The Morgan fingerprint density at radius 3 is 2.79 bits per heavy atom. The summed E-state index contributed by atoms with van der Waals surface area (Å²) in [5.74, 6) is 1.12. The first-order valence-corrected chi connectivity index (χ1v) is 8.97. The molecule has 2 heterocycles. The van der Waals surface area contributed by atoms with E-state index in [0.29, 0.717) is 12.6 Å². The molecule has 145 valence electrons. The Labute approximate surface area is 178 Å². The molecule has 1 radical (unpaired) electrons. The van der Waals surface area contributed by atoms with Gasteiger partial charge >= 0.3 is 7.12 Å². The molecule has 0 fully saturated rings. The Kier molecular flexibility index (Phi) is 6.47. The van der Waals surface area contributed by atoms with Crippen molar-refractivity contribution in [1.82, 2.24) is 9.97 Å². The van der Waals surface area contributed by atoms with Crippen LogP contribution < -0.4 is 10.8 Å². The van der Waals surface area contributed by atoms with Crippen LogP contribution >= 0.6 is 0 Å². The summed E-state index contributed by atoms with van der Waals surface area (Å²) in [6.45, 7) is 4.40. The average molecular weight is 551 g/mol. The minimum absolute atomic E-state index is 0. The van der Waals surface area contributed by atoms with E-state index in [0.717, 1.165) is 45.8 Å². The molecule has 0 amide bonds. The normalized spacial score (nSPS) is 12.3. The van der Waals surface area contributed by atoms with Crippen LogP contribution in [0.5, 0.6) is 0 Å². The smallest absolute Gasteiger partial charge is 0.423 e. The fourth-order valence-electron chi connectivity index (χ4n) is 3.19. The van der Waals surface area contributed by atoms with E-state index in [1.165, 1.54) is 0 Å². The van der Waals surface area contributed by atoms with Gasteiger partial charge in [-0.25, -0.2) is 0 Å². The van der Waals surface area contributed by atoms with Crippen LogP contribution in [0.3, 0.4) is 0 Å². The molecule has 4 rings (SSSR count). The number of nitrogens with one attached hydrogen (secondary N) is 1. The summed E-state index contributed by atoms with van der Waals surface area (Å²) in [7, 11) is -0.846. The third-order valence-corrected chi connectivity index (χ3v) is 4.59. The Morgan fingerprint density at radius 1 is 1.25 bits per heavy atom. The molecule has 1 aromatic heterocycles. The molecule has 8 heteroatoms. The number of anilines is 2. The maximum Gasteiger partial charge on any atom is 0.492 e. The van der Waals surface area contributed by atoms with Gasteiger partial charge in [0.05, 0.1) is 12.4 Å². The number of fused-ring (bicyclic) bond motifs is 1. The van der Waals surface area contributed by atoms with Crippen molar-refractivity contribution in [3.63, 3.8) is 0 Å². The van der Waals surface area contributed by atoms with Gasteiger partial charge in [0.2, 0.25) is 0 Å². The summed E-state index contributed by atoms with van der Waals surface area (Å²) in [6.07, 6.45) is 2.56. The van der Waals surface area contributed by atoms with Gasteiger partial charge in [-0.3, -0.25) is 0 Å². The Bertz CT molecular complexity index is 972. The quantitative estimate of drug-likeness (QED) is 0.474. The second-order valence-corrected chi connectivity index (χ2v) is 6.50. The van der Waals surface area contributed by atoms with Crippen molar-refractivity contribution in [2.24, 2.45) is 0 Å². The molecule has 0 spiro atoms. The van der Waals surface area contributed by atoms with Crippen molar-refractivity contribution in [3.8, 4) is 0 Å². The number of benzene rings is 2. The van der Waals surface area contributed by atoms with Crippen LogP contribution in [0.4, 0.5) is 23.1 Å². The van der Waals surface area contributed by atoms with Gasteiger partial charge in [0.25, 0.3) is 0 Å². The number of aromatic nitrogens is 2. The first kappa shape index (κ1) is 20.5. The Hall–Kier alpha value is -2.25. The van der Waals surface area contributed by atoms with E-state index in [2.05, 4.69) is 27.5 Å². The third-order valence-electron chi connectivity index (χ3n) is 4.59. The van der Waals surface area contributed by atoms with Gasteiger partial charge in [-0.05, 0) is 71.6 Å². The van der Waals surface area contributed by atoms with Gasteiger partial charge in [-0.2, -0.15) is 0 Å². The SMILES string of the molecule is CCc1cc([N-]c2ncc(C)c(Nc3ccccc3)n2)cc2c1B(O)OC2.[Ir]. The number of rotatable bonds is 5. The number of aryl methyl sites for hydroxylation is 2. The summed E-state index contributed by atoms with van der Waals surface area (Å²) < 4.78 is 5.34. The number of para-hydroxylation sites is 1. The van der Waals surface area contributed by atoms with E-state index in [9.17, 15) is 5.02 Å². The molecular formula is C20H20BIrN4O2-. The molecule has 2 aromatic carbocycles. The number of hydrogen-bond acceptors (Lipinski definition) is 5. The van der Waals surface area contributed by atoms with Crippen LogP contribution in [-0.2, 0) is 37.8 Å². The largest absolute Gasteiger partial charge is 0.492 e. The van der Waals surface area contributed by atoms with Gasteiger partial charge in [-0.1, -0.05) is 25.1 Å². The van der Waals surface area contributed by atoms with Gasteiger partial charge in [0.15, 0.2) is 0 Å². The molecule has 0 saturated carbocycles. The van der Waals surface area contributed by atoms with Gasteiger partial charge in [0, 0.05) is 31.7 Å². The molecule has 0 unspecified atom stereocenters. The van der Waals surface area contributed by atoms with E-state index < -0.39 is 7.12 Å². The summed E-state index contributed by atoms with van der Waals surface area (Å²) in [4.78, 5) is 8.90. The van der Waals surface area contributed by atoms with Crippen molar-refractivity contribution in [3.05, 3.63) is 70.7 Å². The number of nitrogens with zero attached hydrogens (tertiary/aromatic N) is 3. The Morgan fingerprint density at radius 2 is 2.04 bits per heavy atom. The van der Waals surface area contributed by atoms with Crippen LogP contribution in [-0.4, -0.2) is 22.1 Å². The van der Waals surface area contributed by atoms with E-state index in [1.807, 2.05) is 49.4 Å². The molecule has 3 aromatic rings. The molecule has 0 bridgehead atoms. The predicted molar refractivity (Wildman–Crippen MR) is 107 cm³/mol. The van der Waals surface area contributed by atoms with Gasteiger partial charge < -0.3 is 30.3 Å². The predicted octanol–water partition coefficient (Wildman–Crippen LogP) is 3.64. The van der Waals surface area contributed by atoms with Gasteiger partial charge in [-0.15, -0.1) is 0 Å². The topological polar surface area (TPSA) is 81.4 Å². The van der Waals surface area contributed by atoms with E-state index >= 15 is 0 Å². The summed E-state index contributed by atoms with van der Waals surface area (Å²) in [5.41, 5.74) is 5.53. The summed E-state index contributed by atoms with van der Waals surface area (Å²) in [6, 6.07) is 13.8. The van der Waals surface area contributed by atoms with Crippen LogP contribution in [0.25, 0.3) is 5.32 Å². The molecule has 0 atom stereocenters. The first-order chi connectivity index (χ1) is 13.1. The van der Waals surface area contributed by atoms with Crippen LogP contribution in [0.15, 0.2) is 48.7 Å².